The molecule has 2 rings (SSSR count). The molecule has 0 saturated carbocycles. The number of fused-ring (bicyclic) bond motifs is 1. The van der Waals surface area contributed by atoms with Crippen molar-refractivity contribution in [2.45, 2.75) is 134 Å². The molecular formula is C26H46N4O2S. The Morgan fingerprint density at radius 1 is 0.848 bits per heavy atom. The number of nitrogens with one attached hydrogen (secondary N) is 1. The summed E-state index contributed by atoms with van der Waals surface area (Å²) < 4.78 is 3.48. The molecule has 6 nitrogen and oxygen atoms in total. The third-order valence-corrected chi connectivity index (χ3v) is 7.85. The van der Waals surface area contributed by atoms with Crippen molar-refractivity contribution in [2.24, 2.45) is 7.05 Å². The Balaban J connectivity index is 1.75. The third-order valence-electron chi connectivity index (χ3n) is 6.59. The van der Waals surface area contributed by atoms with E-state index in [1.54, 1.807) is 18.8 Å². The molecule has 33 heavy (non-hydrogen) atoms. The Morgan fingerprint density at radius 3 is 1.88 bits per heavy atom. The van der Waals surface area contributed by atoms with Crippen LogP contribution in [0, 0.1) is 0 Å². The summed E-state index contributed by atoms with van der Waals surface area (Å²) >= 11 is 1.69. The molecule has 0 aliphatic rings. The van der Waals surface area contributed by atoms with E-state index in [4.69, 9.17) is 0 Å². The molecule has 1 N–H and O–H groups in total. The number of rotatable bonds is 18. The van der Waals surface area contributed by atoms with Gasteiger partial charge in [-0.25, -0.2) is 9.78 Å². The van der Waals surface area contributed by atoms with Gasteiger partial charge in [-0.2, -0.15) is 0 Å². The highest BCUT2D eigenvalue weighted by atomic mass is 32.2. The van der Waals surface area contributed by atoms with E-state index in [0.29, 0.717) is 16.4 Å². The second-order valence-electron chi connectivity index (χ2n) is 9.47. The van der Waals surface area contributed by atoms with Gasteiger partial charge in [0.15, 0.2) is 16.3 Å². The fraction of sp³-hybridized carbons (Fsp3) is 0.808. The molecule has 0 aliphatic heterocycles. The zero-order chi connectivity index (χ0) is 24.1. The van der Waals surface area contributed by atoms with E-state index in [9.17, 15) is 9.59 Å². The van der Waals surface area contributed by atoms with Gasteiger partial charge in [0.2, 0.25) is 0 Å². The maximum absolute atomic E-state index is 12.6. The zero-order valence-corrected chi connectivity index (χ0v) is 22.3. The van der Waals surface area contributed by atoms with Crippen molar-refractivity contribution in [2.75, 3.05) is 0 Å². The van der Waals surface area contributed by atoms with E-state index >= 15 is 0 Å². The number of hydrogen-bond donors (Lipinski definition) is 1. The number of imidazole rings is 1. The summed E-state index contributed by atoms with van der Waals surface area (Å²) in [6.07, 6.45) is 19.6. The lowest BCUT2D eigenvalue weighted by Crippen LogP contribution is -2.29. The van der Waals surface area contributed by atoms with Crippen LogP contribution in [-0.4, -0.2) is 24.4 Å². The largest absolute Gasteiger partial charge is 0.329 e. The molecule has 0 spiro atoms. The molecule has 0 bridgehead atoms. The lowest BCUT2D eigenvalue weighted by Gasteiger charge is -2.11. The summed E-state index contributed by atoms with van der Waals surface area (Å²) in [6, 6.07) is 0. The Morgan fingerprint density at radius 2 is 1.36 bits per heavy atom. The normalized spacial score (nSPS) is 12.6. The molecule has 1 atom stereocenters. The molecule has 1 unspecified atom stereocenters. The Hall–Kier alpha value is -1.50. The smallest absolute Gasteiger partial charge is 0.313 e. The minimum atomic E-state index is -0.409. The summed E-state index contributed by atoms with van der Waals surface area (Å²) in [6.45, 7) is 7.37. The predicted molar refractivity (Wildman–Crippen MR) is 142 cm³/mol. The van der Waals surface area contributed by atoms with Gasteiger partial charge in [0.05, 0.1) is 0 Å². The number of aromatic amines is 1. The minimum Gasteiger partial charge on any atom is -0.313 e. The van der Waals surface area contributed by atoms with Crippen molar-refractivity contribution >= 4 is 22.9 Å². The van der Waals surface area contributed by atoms with Crippen molar-refractivity contribution in [1.82, 2.24) is 19.1 Å². The van der Waals surface area contributed by atoms with Gasteiger partial charge in [0.25, 0.3) is 5.56 Å². The highest BCUT2D eigenvalue weighted by molar-refractivity contribution is 7.99. The number of aryl methyl sites for hydroxylation is 2. The topological polar surface area (TPSA) is 72.7 Å². The van der Waals surface area contributed by atoms with Crippen LogP contribution in [0.5, 0.6) is 0 Å². The van der Waals surface area contributed by atoms with Crippen molar-refractivity contribution < 1.29 is 0 Å². The maximum atomic E-state index is 12.6. The SMILES string of the molecule is CCCCCCCCCCCCCCCCn1c(SC(C)CC)nc2c1c(=O)[nH]c(=O)n2C. The standard InChI is InChI=1S/C26H46N4O2S/c1-5-7-8-9-10-11-12-13-14-15-16-17-18-19-20-30-22-23(27-26(30)33-21(3)6-2)29(4)25(32)28-24(22)31/h21H,5-20H2,1-4H3,(H,28,31,32). The first kappa shape index (κ1) is 27.7. The average molecular weight is 479 g/mol. The zero-order valence-electron chi connectivity index (χ0n) is 21.5. The summed E-state index contributed by atoms with van der Waals surface area (Å²) in [5.41, 5.74) is 0.271. The van der Waals surface area contributed by atoms with E-state index in [2.05, 4.69) is 30.7 Å². The first-order valence-electron chi connectivity index (χ1n) is 13.4. The van der Waals surface area contributed by atoms with Gasteiger partial charge in [-0.05, 0) is 12.8 Å². The second kappa shape index (κ2) is 15.4. The minimum absolute atomic E-state index is 0.332. The van der Waals surface area contributed by atoms with Crippen LogP contribution in [0.1, 0.15) is 117 Å². The van der Waals surface area contributed by atoms with Crippen molar-refractivity contribution in [3.63, 3.8) is 0 Å². The van der Waals surface area contributed by atoms with E-state index in [1.807, 2.05) is 4.57 Å². The predicted octanol–water partition coefficient (Wildman–Crippen LogP) is 6.80. The van der Waals surface area contributed by atoms with Crippen LogP contribution in [0.2, 0.25) is 0 Å². The molecule has 2 aromatic rings. The van der Waals surface area contributed by atoms with Crippen molar-refractivity contribution in [1.29, 1.82) is 0 Å². The Bertz CT molecular complexity index is 931. The van der Waals surface area contributed by atoms with Crippen LogP contribution in [0.3, 0.4) is 0 Å². The molecule has 0 aliphatic carbocycles. The van der Waals surface area contributed by atoms with Crippen LogP contribution in [0.15, 0.2) is 14.7 Å². The fourth-order valence-electron chi connectivity index (χ4n) is 4.24. The number of H-pyrrole nitrogens is 1. The molecule has 0 aromatic carbocycles. The molecule has 0 amide bonds. The summed E-state index contributed by atoms with van der Waals surface area (Å²) in [7, 11) is 1.67. The Kier molecular flexibility index (Phi) is 13.0. The molecule has 188 valence electrons. The molecule has 2 heterocycles. The monoisotopic (exact) mass is 478 g/mol. The van der Waals surface area contributed by atoms with E-state index in [-0.39, 0.29) is 5.56 Å². The van der Waals surface area contributed by atoms with Crippen LogP contribution < -0.4 is 11.2 Å². The van der Waals surface area contributed by atoms with Gasteiger partial charge in [0, 0.05) is 18.8 Å². The molecule has 2 aromatic heterocycles. The summed E-state index contributed by atoms with van der Waals surface area (Å²) in [5, 5.41) is 1.26. The number of aromatic nitrogens is 4. The second-order valence-corrected chi connectivity index (χ2v) is 10.9. The number of nitrogens with zero attached hydrogens (tertiary/aromatic N) is 3. The molecule has 0 fully saturated rings. The van der Waals surface area contributed by atoms with Gasteiger partial charge >= 0.3 is 5.69 Å². The van der Waals surface area contributed by atoms with Crippen LogP contribution in [-0.2, 0) is 13.6 Å². The van der Waals surface area contributed by atoms with E-state index in [0.717, 1.165) is 31.0 Å². The molecule has 7 heteroatoms. The van der Waals surface area contributed by atoms with Crippen LogP contribution in [0.4, 0.5) is 0 Å². The van der Waals surface area contributed by atoms with Crippen LogP contribution in [0.25, 0.3) is 11.2 Å². The molecule has 0 saturated heterocycles. The number of unbranched alkanes of at least 4 members (excludes halogenated alkanes) is 13. The Labute approximate surface area is 204 Å². The highest BCUT2D eigenvalue weighted by Crippen LogP contribution is 2.27. The average Bonchev–Trinajstić information content (AvgIpc) is 3.16. The lowest BCUT2D eigenvalue weighted by molar-refractivity contribution is 0.519. The first-order valence-corrected chi connectivity index (χ1v) is 14.2. The van der Waals surface area contributed by atoms with E-state index < -0.39 is 5.69 Å². The number of thioether (sulfide) groups is 1. The van der Waals surface area contributed by atoms with Gasteiger partial charge in [-0.3, -0.25) is 14.3 Å². The van der Waals surface area contributed by atoms with Crippen molar-refractivity contribution in [3.05, 3.63) is 20.8 Å². The van der Waals surface area contributed by atoms with Gasteiger partial charge in [-0.15, -0.1) is 0 Å². The maximum Gasteiger partial charge on any atom is 0.329 e. The first-order chi connectivity index (χ1) is 16.0. The van der Waals surface area contributed by atoms with Crippen molar-refractivity contribution in [3.8, 4) is 0 Å². The lowest BCUT2D eigenvalue weighted by atomic mass is 10.0. The summed E-state index contributed by atoms with van der Waals surface area (Å²) in [4.78, 5) is 31.7. The van der Waals surface area contributed by atoms with E-state index in [1.165, 1.54) is 81.6 Å². The molecule has 0 radical (unpaired) electrons. The molecular weight excluding hydrogens is 432 g/mol. The van der Waals surface area contributed by atoms with Gasteiger partial charge < -0.3 is 4.57 Å². The third kappa shape index (κ3) is 8.99. The van der Waals surface area contributed by atoms with Crippen LogP contribution >= 0.6 is 11.8 Å². The number of hydrogen-bond acceptors (Lipinski definition) is 4. The van der Waals surface area contributed by atoms with Gasteiger partial charge in [-0.1, -0.05) is 116 Å². The quantitative estimate of drug-likeness (QED) is 0.189. The fourth-order valence-corrected chi connectivity index (χ4v) is 5.22. The van der Waals surface area contributed by atoms with Gasteiger partial charge in [0.1, 0.15) is 0 Å². The summed E-state index contributed by atoms with van der Waals surface area (Å²) in [5.74, 6) is 0. The highest BCUT2D eigenvalue weighted by Gasteiger charge is 2.18.